The number of methoxy groups -OCH3 is 2. The van der Waals surface area contributed by atoms with Crippen molar-refractivity contribution in [2.45, 2.75) is 26.4 Å². The van der Waals surface area contributed by atoms with Gasteiger partial charge in [-0.1, -0.05) is 11.6 Å². The lowest BCUT2D eigenvalue weighted by Gasteiger charge is -2.36. The minimum Gasteiger partial charge on any atom is -0.496 e. The van der Waals surface area contributed by atoms with Crippen molar-refractivity contribution in [3.63, 3.8) is 0 Å². The molecule has 1 aliphatic rings. The number of anilines is 1. The van der Waals surface area contributed by atoms with Crippen molar-refractivity contribution in [3.8, 4) is 22.8 Å². The molecule has 0 N–H and O–H groups in total. The zero-order valence-electron chi connectivity index (χ0n) is 19.5. The van der Waals surface area contributed by atoms with Crippen LogP contribution >= 0.6 is 11.6 Å². The number of rotatable bonds is 4. The Morgan fingerprint density at radius 2 is 1.73 bits per heavy atom. The molecule has 1 aromatic carbocycles. The quantitative estimate of drug-likeness (QED) is 0.563. The first-order chi connectivity index (χ1) is 15.7. The summed E-state index contributed by atoms with van der Waals surface area (Å²) in [7, 11) is 3.16. The van der Waals surface area contributed by atoms with Gasteiger partial charge in [-0.15, -0.1) is 0 Å². The van der Waals surface area contributed by atoms with Crippen LogP contribution in [0.5, 0.6) is 11.5 Å². The second-order valence-electron chi connectivity index (χ2n) is 8.78. The van der Waals surface area contributed by atoms with E-state index in [0.717, 1.165) is 17.0 Å². The van der Waals surface area contributed by atoms with Crippen molar-refractivity contribution >= 4 is 29.2 Å². The summed E-state index contributed by atoms with van der Waals surface area (Å²) in [5.74, 6) is 1.96. The van der Waals surface area contributed by atoms with E-state index in [1.807, 2.05) is 37.4 Å². The van der Waals surface area contributed by atoms with Gasteiger partial charge in [0.25, 0.3) is 0 Å². The highest BCUT2D eigenvalue weighted by molar-refractivity contribution is 6.32. The number of halogens is 1. The molecular formula is C23H28ClN5O4. The molecule has 0 aliphatic carbocycles. The fraction of sp³-hybridized carbons (Fsp3) is 0.435. The average molecular weight is 474 g/mol. The molecule has 0 spiro atoms. The first-order valence-corrected chi connectivity index (χ1v) is 11.1. The average Bonchev–Trinajstić information content (AvgIpc) is 3.21. The highest BCUT2D eigenvalue weighted by Crippen LogP contribution is 2.38. The van der Waals surface area contributed by atoms with Crippen LogP contribution in [-0.2, 0) is 4.74 Å². The third-order valence-electron chi connectivity index (χ3n) is 5.34. The second-order valence-corrected chi connectivity index (χ2v) is 9.19. The fourth-order valence-corrected chi connectivity index (χ4v) is 3.93. The number of carbonyl (C=O) groups excluding carboxylic acids is 1. The zero-order chi connectivity index (χ0) is 23.8. The molecule has 0 bridgehead atoms. The van der Waals surface area contributed by atoms with Crippen LogP contribution in [0.3, 0.4) is 0 Å². The maximum Gasteiger partial charge on any atom is 0.410 e. The number of ether oxygens (including phenoxy) is 3. The van der Waals surface area contributed by atoms with E-state index < -0.39 is 5.60 Å². The van der Waals surface area contributed by atoms with Crippen molar-refractivity contribution in [3.05, 3.63) is 35.7 Å². The first kappa shape index (κ1) is 23.0. The topological polar surface area (TPSA) is 81.4 Å². The number of benzene rings is 1. The predicted molar refractivity (Wildman–Crippen MR) is 127 cm³/mol. The number of imidazole rings is 1. The maximum absolute atomic E-state index is 12.3. The molecule has 0 unspecified atom stereocenters. The van der Waals surface area contributed by atoms with Crippen molar-refractivity contribution in [2.75, 3.05) is 45.3 Å². The zero-order valence-corrected chi connectivity index (χ0v) is 20.2. The van der Waals surface area contributed by atoms with Gasteiger partial charge in [0.1, 0.15) is 34.9 Å². The summed E-state index contributed by atoms with van der Waals surface area (Å²) in [6.45, 7) is 8.08. The largest absolute Gasteiger partial charge is 0.496 e. The van der Waals surface area contributed by atoms with E-state index in [-0.39, 0.29) is 6.09 Å². The molecule has 1 aliphatic heterocycles. The van der Waals surface area contributed by atoms with Crippen LogP contribution in [0.25, 0.3) is 16.9 Å². The highest BCUT2D eigenvalue weighted by Gasteiger charge is 2.26. The second kappa shape index (κ2) is 8.97. The molecule has 0 atom stereocenters. The summed E-state index contributed by atoms with van der Waals surface area (Å²) in [6.07, 6.45) is 3.34. The number of hydrogen-bond acceptors (Lipinski definition) is 7. The lowest BCUT2D eigenvalue weighted by atomic mass is 10.1. The molecule has 1 saturated heterocycles. The van der Waals surface area contributed by atoms with Crippen LogP contribution < -0.4 is 14.4 Å². The van der Waals surface area contributed by atoms with Gasteiger partial charge in [-0.05, 0) is 26.8 Å². The number of fused-ring (bicyclic) bond motifs is 1. The van der Waals surface area contributed by atoms with Gasteiger partial charge in [-0.25, -0.2) is 14.8 Å². The molecule has 1 amide bonds. The monoisotopic (exact) mass is 473 g/mol. The summed E-state index contributed by atoms with van der Waals surface area (Å²) < 4.78 is 18.1. The van der Waals surface area contributed by atoms with E-state index in [4.69, 9.17) is 30.8 Å². The summed E-state index contributed by atoms with van der Waals surface area (Å²) in [5.41, 5.74) is 1.72. The highest BCUT2D eigenvalue weighted by atomic mass is 35.5. The van der Waals surface area contributed by atoms with Crippen LogP contribution in [-0.4, -0.2) is 71.4 Å². The summed E-state index contributed by atoms with van der Waals surface area (Å²) in [4.78, 5) is 25.5. The predicted octanol–water partition coefficient (Wildman–Crippen LogP) is 4.12. The summed E-state index contributed by atoms with van der Waals surface area (Å²) in [6, 6.07) is 5.46. The SMILES string of the molecule is COc1cc(OC)c(-c2cn3cnc(N4CCN(C(=O)OC(C)(C)C)CC4)cc3n2)cc1Cl. The number of piperazine rings is 1. The van der Waals surface area contributed by atoms with E-state index >= 15 is 0 Å². The minimum absolute atomic E-state index is 0.282. The third kappa shape index (κ3) is 4.93. The Hall–Kier alpha value is -3.20. The van der Waals surface area contributed by atoms with Gasteiger partial charge < -0.3 is 24.0 Å². The summed E-state index contributed by atoms with van der Waals surface area (Å²) in [5, 5.41) is 0.479. The van der Waals surface area contributed by atoms with Crippen LogP contribution in [0.1, 0.15) is 20.8 Å². The van der Waals surface area contributed by atoms with Crippen LogP contribution in [0.2, 0.25) is 5.02 Å². The van der Waals surface area contributed by atoms with Crippen LogP contribution in [0.15, 0.2) is 30.7 Å². The molecule has 9 nitrogen and oxygen atoms in total. The molecule has 33 heavy (non-hydrogen) atoms. The molecule has 4 rings (SSSR count). The van der Waals surface area contributed by atoms with Gasteiger partial charge in [-0.2, -0.15) is 0 Å². The number of hydrogen-bond donors (Lipinski definition) is 0. The number of amides is 1. The van der Waals surface area contributed by atoms with E-state index in [2.05, 4.69) is 9.88 Å². The van der Waals surface area contributed by atoms with E-state index in [1.165, 1.54) is 0 Å². The number of nitrogens with zero attached hydrogens (tertiary/aromatic N) is 5. The normalized spacial score (nSPS) is 14.5. The molecule has 10 heteroatoms. The lowest BCUT2D eigenvalue weighted by molar-refractivity contribution is 0.0240. The molecule has 3 heterocycles. The van der Waals surface area contributed by atoms with E-state index in [0.29, 0.717) is 48.4 Å². The fourth-order valence-electron chi connectivity index (χ4n) is 3.69. The third-order valence-corrected chi connectivity index (χ3v) is 5.63. The Balaban J connectivity index is 1.53. The Kier molecular flexibility index (Phi) is 6.25. The first-order valence-electron chi connectivity index (χ1n) is 10.7. The van der Waals surface area contributed by atoms with Gasteiger partial charge >= 0.3 is 6.09 Å². The molecule has 1 fully saturated rings. The van der Waals surface area contributed by atoms with Crippen LogP contribution in [0, 0.1) is 0 Å². The molecule has 176 valence electrons. The lowest BCUT2D eigenvalue weighted by Crippen LogP contribution is -2.50. The van der Waals surface area contributed by atoms with Gasteiger partial charge in [0.2, 0.25) is 0 Å². The smallest absolute Gasteiger partial charge is 0.410 e. The number of aromatic nitrogens is 3. The molecule has 3 aromatic rings. The van der Waals surface area contributed by atoms with Gasteiger partial charge in [-0.3, -0.25) is 4.40 Å². The van der Waals surface area contributed by atoms with Crippen molar-refractivity contribution in [1.29, 1.82) is 0 Å². The van der Waals surface area contributed by atoms with Gasteiger partial charge in [0.05, 0.1) is 24.9 Å². The number of carbonyl (C=O) groups is 1. The van der Waals surface area contributed by atoms with Crippen molar-refractivity contribution in [1.82, 2.24) is 19.3 Å². The molecule has 0 saturated carbocycles. The van der Waals surface area contributed by atoms with E-state index in [9.17, 15) is 4.79 Å². The van der Waals surface area contributed by atoms with E-state index in [1.54, 1.807) is 37.6 Å². The van der Waals surface area contributed by atoms with Crippen molar-refractivity contribution < 1.29 is 19.0 Å². The molecule has 0 radical (unpaired) electrons. The molecular weight excluding hydrogens is 446 g/mol. The van der Waals surface area contributed by atoms with Crippen LogP contribution in [0.4, 0.5) is 10.6 Å². The minimum atomic E-state index is -0.504. The Bertz CT molecular complexity index is 1170. The summed E-state index contributed by atoms with van der Waals surface area (Å²) >= 11 is 6.33. The maximum atomic E-state index is 12.3. The standard InChI is InChI=1S/C23H28ClN5O4/c1-23(2,3)33-22(30)28-8-6-27(7-9-28)20-12-21-26-17(13-29(21)14-25-20)15-10-16(24)19(32-5)11-18(15)31-4/h10-14H,6-9H2,1-5H3. The Labute approximate surface area is 197 Å². The Morgan fingerprint density at radius 1 is 1.03 bits per heavy atom. The van der Waals surface area contributed by atoms with Gasteiger partial charge in [0.15, 0.2) is 0 Å². The van der Waals surface area contributed by atoms with Gasteiger partial charge in [0, 0.05) is 50.1 Å². The molecule has 2 aromatic heterocycles. The van der Waals surface area contributed by atoms with Crippen molar-refractivity contribution in [2.24, 2.45) is 0 Å². The Morgan fingerprint density at radius 3 is 2.36 bits per heavy atom.